The van der Waals surface area contributed by atoms with E-state index in [1.54, 1.807) is 12.1 Å². The Kier molecular flexibility index (Phi) is 7.56. The van der Waals surface area contributed by atoms with Crippen LogP contribution in [0.1, 0.15) is 51.9 Å². The van der Waals surface area contributed by atoms with Gasteiger partial charge in [-0.25, -0.2) is 8.78 Å². The van der Waals surface area contributed by atoms with Crippen LogP contribution in [-0.2, 0) is 4.79 Å². The Hall–Kier alpha value is -2.49. The van der Waals surface area contributed by atoms with Crippen molar-refractivity contribution in [2.45, 2.75) is 51.9 Å². The van der Waals surface area contributed by atoms with Crippen LogP contribution in [0.25, 0.3) is 11.1 Å². The number of hydrogen-bond acceptors (Lipinski definition) is 2. The Morgan fingerprint density at radius 3 is 2.41 bits per heavy atom. The maximum atomic E-state index is 14.5. The fourth-order valence-electron chi connectivity index (χ4n) is 3.93. The van der Waals surface area contributed by atoms with E-state index in [4.69, 9.17) is 4.74 Å². The Bertz CT molecular complexity index is 834. The first-order valence-corrected chi connectivity index (χ1v) is 10.5. The quantitative estimate of drug-likeness (QED) is 0.283. The molecule has 4 heteroatoms. The first-order valence-electron chi connectivity index (χ1n) is 10.5. The molecule has 154 valence electrons. The van der Waals surface area contributed by atoms with Gasteiger partial charge in [0.05, 0.1) is 5.92 Å². The Balaban J connectivity index is 1.53. The van der Waals surface area contributed by atoms with Crippen molar-refractivity contribution in [2.75, 3.05) is 0 Å². The van der Waals surface area contributed by atoms with Gasteiger partial charge in [0, 0.05) is 11.6 Å². The topological polar surface area (TPSA) is 26.3 Å². The van der Waals surface area contributed by atoms with Crippen LogP contribution in [0.4, 0.5) is 8.78 Å². The third-order valence-corrected chi connectivity index (χ3v) is 5.64. The van der Waals surface area contributed by atoms with Gasteiger partial charge in [0.2, 0.25) is 0 Å². The van der Waals surface area contributed by atoms with E-state index in [1.165, 1.54) is 36.8 Å². The second-order valence-electron chi connectivity index (χ2n) is 7.74. The molecular formula is C25H28F2O2. The Morgan fingerprint density at radius 2 is 1.76 bits per heavy atom. The highest BCUT2D eigenvalue weighted by Crippen LogP contribution is 2.33. The van der Waals surface area contributed by atoms with E-state index in [9.17, 15) is 13.6 Å². The van der Waals surface area contributed by atoms with E-state index < -0.39 is 5.82 Å². The van der Waals surface area contributed by atoms with Gasteiger partial charge in [0.25, 0.3) is 0 Å². The van der Waals surface area contributed by atoms with Crippen LogP contribution in [0, 0.1) is 23.5 Å². The summed E-state index contributed by atoms with van der Waals surface area (Å²) in [5.74, 6) is -0.365. The van der Waals surface area contributed by atoms with Crippen LogP contribution in [-0.4, -0.2) is 5.97 Å². The summed E-state index contributed by atoms with van der Waals surface area (Å²) in [6, 6.07) is 10.0. The van der Waals surface area contributed by atoms with Gasteiger partial charge in [-0.05, 0) is 80.7 Å². The lowest BCUT2D eigenvalue weighted by Crippen LogP contribution is -2.25. The minimum Gasteiger partial charge on any atom is -0.426 e. The van der Waals surface area contributed by atoms with E-state index in [-0.39, 0.29) is 23.5 Å². The number of rotatable bonds is 7. The predicted molar refractivity (Wildman–Crippen MR) is 112 cm³/mol. The molecule has 0 aromatic heterocycles. The van der Waals surface area contributed by atoms with Crippen LogP contribution < -0.4 is 4.74 Å². The summed E-state index contributed by atoms with van der Waals surface area (Å²) in [4.78, 5) is 12.5. The lowest BCUT2D eigenvalue weighted by Gasteiger charge is -2.27. The van der Waals surface area contributed by atoms with Gasteiger partial charge in [-0.3, -0.25) is 4.79 Å². The standard InChI is InChI=1S/C25H28F2O2/c1-2-3-4-5-6-18-7-9-20(10-8-18)25(28)29-22-15-16-23(24(27)17-22)19-11-13-21(26)14-12-19/h3-4,11-18,20H,2,5-10H2,1H3. The normalized spacial score (nSPS) is 19.4. The number of carbonyl (C=O) groups excluding carboxylic acids is 1. The fraction of sp³-hybridized carbons (Fsp3) is 0.400. The summed E-state index contributed by atoms with van der Waals surface area (Å²) in [7, 11) is 0. The maximum Gasteiger partial charge on any atom is 0.314 e. The number of allylic oxidation sites excluding steroid dienone is 2. The molecule has 2 nitrogen and oxygen atoms in total. The molecular weight excluding hydrogens is 370 g/mol. The summed E-state index contributed by atoms with van der Waals surface area (Å²) < 4.78 is 33.0. The first-order chi connectivity index (χ1) is 14.1. The van der Waals surface area contributed by atoms with Crippen LogP contribution >= 0.6 is 0 Å². The average Bonchev–Trinajstić information content (AvgIpc) is 2.73. The summed E-state index contributed by atoms with van der Waals surface area (Å²) in [6.45, 7) is 2.13. The van der Waals surface area contributed by atoms with Crippen molar-refractivity contribution in [3.8, 4) is 16.9 Å². The van der Waals surface area contributed by atoms with Crippen LogP contribution in [0.3, 0.4) is 0 Å². The predicted octanol–water partition coefficient (Wildman–Crippen LogP) is 7.09. The second-order valence-corrected chi connectivity index (χ2v) is 7.74. The molecule has 0 bridgehead atoms. The highest BCUT2D eigenvalue weighted by atomic mass is 19.1. The fourth-order valence-corrected chi connectivity index (χ4v) is 3.93. The molecule has 0 N–H and O–H groups in total. The van der Waals surface area contributed by atoms with Gasteiger partial charge in [-0.15, -0.1) is 0 Å². The van der Waals surface area contributed by atoms with Crippen molar-refractivity contribution < 1.29 is 18.3 Å². The molecule has 0 heterocycles. The van der Waals surface area contributed by atoms with Crippen molar-refractivity contribution in [3.05, 3.63) is 66.3 Å². The highest BCUT2D eigenvalue weighted by Gasteiger charge is 2.27. The Morgan fingerprint density at radius 1 is 1.03 bits per heavy atom. The molecule has 29 heavy (non-hydrogen) atoms. The van der Waals surface area contributed by atoms with Crippen LogP contribution in [0.2, 0.25) is 0 Å². The largest absolute Gasteiger partial charge is 0.426 e. The molecule has 0 radical (unpaired) electrons. The Labute approximate surface area is 171 Å². The molecule has 0 atom stereocenters. The molecule has 2 aromatic carbocycles. The summed E-state index contributed by atoms with van der Waals surface area (Å²) >= 11 is 0. The van der Waals surface area contributed by atoms with Crippen molar-refractivity contribution in [3.63, 3.8) is 0 Å². The highest BCUT2D eigenvalue weighted by molar-refractivity contribution is 5.75. The van der Waals surface area contributed by atoms with Gasteiger partial charge in [-0.2, -0.15) is 0 Å². The lowest BCUT2D eigenvalue weighted by atomic mass is 9.80. The van der Waals surface area contributed by atoms with Crippen LogP contribution in [0.15, 0.2) is 54.6 Å². The second kappa shape index (κ2) is 10.3. The average molecular weight is 398 g/mol. The molecule has 0 unspecified atom stereocenters. The van der Waals surface area contributed by atoms with E-state index in [2.05, 4.69) is 19.1 Å². The molecule has 0 amide bonds. The van der Waals surface area contributed by atoms with E-state index in [0.29, 0.717) is 17.0 Å². The maximum absolute atomic E-state index is 14.5. The zero-order chi connectivity index (χ0) is 20.6. The SMILES string of the molecule is CCC=CCCC1CCC(C(=O)Oc2ccc(-c3ccc(F)cc3)c(F)c2)CC1. The van der Waals surface area contributed by atoms with Gasteiger partial charge in [-0.1, -0.05) is 31.2 Å². The van der Waals surface area contributed by atoms with E-state index in [1.807, 2.05) is 0 Å². The molecule has 0 saturated heterocycles. The smallest absolute Gasteiger partial charge is 0.314 e. The number of benzene rings is 2. The molecule has 0 aliphatic heterocycles. The van der Waals surface area contributed by atoms with E-state index >= 15 is 0 Å². The van der Waals surface area contributed by atoms with Crippen molar-refractivity contribution in [2.24, 2.45) is 11.8 Å². The molecule has 3 rings (SSSR count). The van der Waals surface area contributed by atoms with Gasteiger partial charge >= 0.3 is 5.97 Å². The third kappa shape index (κ3) is 5.99. The lowest BCUT2D eigenvalue weighted by molar-refractivity contribution is -0.140. The van der Waals surface area contributed by atoms with Gasteiger partial charge in [0.1, 0.15) is 17.4 Å². The minimum atomic E-state index is -0.495. The van der Waals surface area contributed by atoms with E-state index in [0.717, 1.165) is 38.5 Å². The molecule has 1 aliphatic rings. The summed E-state index contributed by atoms with van der Waals surface area (Å²) in [5.41, 5.74) is 0.927. The van der Waals surface area contributed by atoms with Crippen LogP contribution in [0.5, 0.6) is 5.75 Å². The molecule has 0 spiro atoms. The zero-order valence-electron chi connectivity index (χ0n) is 16.9. The molecule has 1 fully saturated rings. The number of carbonyl (C=O) groups is 1. The monoisotopic (exact) mass is 398 g/mol. The number of ether oxygens (including phenoxy) is 1. The molecule has 2 aromatic rings. The van der Waals surface area contributed by atoms with Gasteiger partial charge in [0.15, 0.2) is 0 Å². The number of esters is 1. The third-order valence-electron chi connectivity index (χ3n) is 5.64. The molecule has 1 saturated carbocycles. The number of hydrogen-bond donors (Lipinski definition) is 0. The summed E-state index contributed by atoms with van der Waals surface area (Å²) in [5, 5.41) is 0. The zero-order valence-corrected chi connectivity index (χ0v) is 16.9. The van der Waals surface area contributed by atoms with Gasteiger partial charge < -0.3 is 4.74 Å². The van der Waals surface area contributed by atoms with Crippen molar-refractivity contribution in [1.82, 2.24) is 0 Å². The number of halogens is 2. The summed E-state index contributed by atoms with van der Waals surface area (Å²) in [6.07, 6.45) is 11.5. The van der Waals surface area contributed by atoms with Crippen molar-refractivity contribution in [1.29, 1.82) is 0 Å². The minimum absolute atomic E-state index is 0.114. The first kappa shape index (κ1) is 21.2. The molecule has 1 aliphatic carbocycles. The van der Waals surface area contributed by atoms with Crippen molar-refractivity contribution >= 4 is 5.97 Å².